The predicted octanol–water partition coefficient (Wildman–Crippen LogP) is 1.55. The molecule has 1 aliphatic carbocycles. The highest BCUT2D eigenvalue weighted by Crippen LogP contribution is 2.20. The molecule has 1 fully saturated rings. The van der Waals surface area contributed by atoms with Crippen LogP contribution in [0.25, 0.3) is 0 Å². The van der Waals surface area contributed by atoms with Crippen LogP contribution in [0.2, 0.25) is 0 Å². The van der Waals surface area contributed by atoms with Gasteiger partial charge in [-0.3, -0.25) is 4.99 Å². The fraction of sp³-hybridized carbons (Fsp3) is 0.929. The quantitative estimate of drug-likeness (QED) is 0.256. The van der Waals surface area contributed by atoms with Crippen LogP contribution in [0.4, 0.5) is 0 Å². The summed E-state index contributed by atoms with van der Waals surface area (Å²) in [6.07, 6.45) is 8.92. The van der Waals surface area contributed by atoms with E-state index >= 15 is 0 Å². The van der Waals surface area contributed by atoms with E-state index < -0.39 is 9.84 Å². The number of hydrogen-bond donors (Lipinski definition) is 2. The Bertz CT molecular complexity index is 410. The first-order chi connectivity index (χ1) is 10.0. The Hall–Kier alpha value is -0.0900. The smallest absolute Gasteiger partial charge is 0.191 e. The molecule has 22 heavy (non-hydrogen) atoms. The van der Waals surface area contributed by atoms with Gasteiger partial charge >= 0.3 is 0 Å². The second-order valence-electron chi connectivity index (χ2n) is 5.54. The minimum atomic E-state index is -2.93. The third-order valence-electron chi connectivity index (χ3n) is 3.51. The molecule has 2 N–H and O–H groups in total. The molecule has 0 unspecified atom stereocenters. The highest BCUT2D eigenvalue weighted by molar-refractivity contribution is 14.0. The zero-order valence-electron chi connectivity index (χ0n) is 13.6. The summed E-state index contributed by atoms with van der Waals surface area (Å²) in [4.78, 5) is 4.05. The van der Waals surface area contributed by atoms with Gasteiger partial charge in [0.05, 0.1) is 11.9 Å². The molecular formula is C14H30IN3O3S. The maximum atomic E-state index is 11.0. The van der Waals surface area contributed by atoms with Crippen LogP contribution in [0.5, 0.6) is 0 Å². The van der Waals surface area contributed by atoms with Crippen LogP contribution in [-0.4, -0.2) is 59.2 Å². The van der Waals surface area contributed by atoms with Gasteiger partial charge in [-0.15, -0.1) is 24.0 Å². The number of nitrogens with zero attached hydrogens (tertiary/aromatic N) is 1. The van der Waals surface area contributed by atoms with E-state index in [-0.39, 0.29) is 29.7 Å². The van der Waals surface area contributed by atoms with Crippen molar-refractivity contribution in [1.29, 1.82) is 0 Å². The number of guanidine groups is 1. The first-order valence-corrected chi connectivity index (χ1v) is 9.81. The second-order valence-corrected chi connectivity index (χ2v) is 7.80. The number of sulfone groups is 1. The van der Waals surface area contributed by atoms with E-state index in [0.717, 1.165) is 19.6 Å². The Balaban J connectivity index is 0.00000441. The van der Waals surface area contributed by atoms with Crippen LogP contribution in [0.3, 0.4) is 0 Å². The van der Waals surface area contributed by atoms with E-state index in [0.29, 0.717) is 18.6 Å². The average molecular weight is 447 g/mol. The Kier molecular flexibility index (Phi) is 12.3. The number of nitrogens with one attached hydrogen (secondary N) is 2. The molecule has 0 aliphatic heterocycles. The third-order valence-corrected chi connectivity index (χ3v) is 4.45. The lowest BCUT2D eigenvalue weighted by molar-refractivity contribution is 0.0277. The summed E-state index contributed by atoms with van der Waals surface area (Å²) in [5.74, 6) is 0.745. The minimum absolute atomic E-state index is 0. The lowest BCUT2D eigenvalue weighted by atomic mass is 9.98. The molecule has 0 amide bonds. The Labute approximate surface area is 151 Å². The number of hydrogen-bond acceptors (Lipinski definition) is 4. The van der Waals surface area contributed by atoms with Gasteiger partial charge in [0.2, 0.25) is 0 Å². The molecule has 0 heterocycles. The van der Waals surface area contributed by atoms with E-state index in [1.54, 1.807) is 7.05 Å². The summed E-state index contributed by atoms with van der Waals surface area (Å²) in [6, 6.07) is 0. The lowest BCUT2D eigenvalue weighted by Gasteiger charge is -2.22. The molecule has 0 aromatic heterocycles. The number of aliphatic imine (C=N–C) groups is 1. The minimum Gasteiger partial charge on any atom is -0.378 e. The molecule has 0 spiro atoms. The molecule has 0 atom stereocenters. The SMILES string of the molecule is CN=C(NCCCOC1CCCCC1)NCCS(C)(=O)=O.I. The average Bonchev–Trinajstić information content (AvgIpc) is 2.45. The van der Waals surface area contributed by atoms with Gasteiger partial charge in [0.15, 0.2) is 5.96 Å². The molecule has 0 bridgehead atoms. The van der Waals surface area contributed by atoms with Crippen LogP contribution < -0.4 is 10.6 Å². The molecule has 6 nitrogen and oxygen atoms in total. The number of halogens is 1. The highest BCUT2D eigenvalue weighted by atomic mass is 127. The Morgan fingerprint density at radius 1 is 1.18 bits per heavy atom. The van der Waals surface area contributed by atoms with E-state index in [9.17, 15) is 8.42 Å². The van der Waals surface area contributed by atoms with Crippen molar-refractivity contribution in [2.24, 2.45) is 4.99 Å². The largest absolute Gasteiger partial charge is 0.378 e. The van der Waals surface area contributed by atoms with Crippen LogP contribution in [-0.2, 0) is 14.6 Å². The molecule has 8 heteroatoms. The summed E-state index contributed by atoms with van der Waals surface area (Å²) in [5.41, 5.74) is 0. The fourth-order valence-electron chi connectivity index (χ4n) is 2.34. The van der Waals surface area contributed by atoms with Crippen LogP contribution >= 0.6 is 24.0 Å². The van der Waals surface area contributed by atoms with E-state index in [4.69, 9.17) is 4.74 Å². The topological polar surface area (TPSA) is 79.8 Å². The molecular weight excluding hydrogens is 417 g/mol. The maximum Gasteiger partial charge on any atom is 0.191 e. The molecule has 1 saturated carbocycles. The van der Waals surface area contributed by atoms with Gasteiger partial charge in [0.25, 0.3) is 0 Å². The normalized spacial score (nSPS) is 16.9. The number of ether oxygens (including phenoxy) is 1. The monoisotopic (exact) mass is 447 g/mol. The van der Waals surface area contributed by atoms with Crippen LogP contribution in [0.1, 0.15) is 38.5 Å². The second kappa shape index (κ2) is 12.3. The van der Waals surface area contributed by atoms with Gasteiger partial charge in [-0.2, -0.15) is 0 Å². The van der Waals surface area contributed by atoms with Crippen molar-refractivity contribution in [2.45, 2.75) is 44.6 Å². The highest BCUT2D eigenvalue weighted by Gasteiger charge is 2.12. The molecule has 1 rings (SSSR count). The molecule has 0 aromatic carbocycles. The Morgan fingerprint density at radius 2 is 1.82 bits per heavy atom. The standard InChI is InChI=1S/C14H29N3O3S.HI/c1-15-14(17-10-12-21(2,18)19)16-9-6-11-20-13-7-4-3-5-8-13;/h13H,3-12H2,1-2H3,(H2,15,16,17);1H. The maximum absolute atomic E-state index is 11.0. The zero-order valence-corrected chi connectivity index (χ0v) is 16.8. The lowest BCUT2D eigenvalue weighted by Crippen LogP contribution is -2.40. The van der Waals surface area contributed by atoms with Crippen molar-refractivity contribution < 1.29 is 13.2 Å². The summed E-state index contributed by atoms with van der Waals surface area (Å²) in [6.45, 7) is 1.90. The third kappa shape index (κ3) is 11.5. The molecule has 0 radical (unpaired) electrons. The molecule has 132 valence electrons. The van der Waals surface area contributed by atoms with Crippen molar-refractivity contribution in [3.63, 3.8) is 0 Å². The summed E-state index contributed by atoms with van der Waals surface area (Å²) < 4.78 is 27.9. The number of rotatable bonds is 8. The van der Waals surface area contributed by atoms with Gasteiger partial charge in [-0.25, -0.2) is 8.42 Å². The van der Waals surface area contributed by atoms with Crippen molar-refractivity contribution in [2.75, 3.05) is 38.8 Å². The van der Waals surface area contributed by atoms with Gasteiger partial charge in [0, 0.05) is 33.0 Å². The molecule has 0 saturated heterocycles. The van der Waals surface area contributed by atoms with Crippen molar-refractivity contribution in [3.8, 4) is 0 Å². The predicted molar refractivity (Wildman–Crippen MR) is 102 cm³/mol. The fourth-order valence-corrected chi connectivity index (χ4v) is 2.81. The van der Waals surface area contributed by atoms with Gasteiger partial charge in [0.1, 0.15) is 9.84 Å². The van der Waals surface area contributed by atoms with Crippen molar-refractivity contribution in [3.05, 3.63) is 0 Å². The Morgan fingerprint density at radius 3 is 2.41 bits per heavy atom. The first-order valence-electron chi connectivity index (χ1n) is 7.75. The van der Waals surface area contributed by atoms with Gasteiger partial charge in [-0.1, -0.05) is 19.3 Å². The van der Waals surface area contributed by atoms with Crippen molar-refractivity contribution >= 4 is 39.8 Å². The van der Waals surface area contributed by atoms with Gasteiger partial charge in [-0.05, 0) is 19.3 Å². The van der Waals surface area contributed by atoms with E-state index in [1.165, 1.54) is 38.4 Å². The first kappa shape index (κ1) is 21.9. The summed E-state index contributed by atoms with van der Waals surface area (Å²) in [5, 5.41) is 6.14. The van der Waals surface area contributed by atoms with Crippen molar-refractivity contribution in [1.82, 2.24) is 10.6 Å². The van der Waals surface area contributed by atoms with Crippen LogP contribution in [0.15, 0.2) is 4.99 Å². The zero-order chi connectivity index (χ0) is 15.6. The summed E-state index contributed by atoms with van der Waals surface area (Å²) >= 11 is 0. The molecule has 1 aliphatic rings. The van der Waals surface area contributed by atoms with E-state index in [1.807, 2.05) is 0 Å². The molecule has 0 aromatic rings. The van der Waals surface area contributed by atoms with Crippen LogP contribution in [0, 0.1) is 0 Å². The summed E-state index contributed by atoms with van der Waals surface area (Å²) in [7, 11) is -1.26. The van der Waals surface area contributed by atoms with E-state index in [2.05, 4.69) is 15.6 Å². The van der Waals surface area contributed by atoms with Gasteiger partial charge < -0.3 is 15.4 Å².